The zero-order valence-electron chi connectivity index (χ0n) is 22.0. The van der Waals surface area contributed by atoms with Crippen molar-refractivity contribution in [2.45, 2.75) is 11.9 Å². The van der Waals surface area contributed by atoms with Gasteiger partial charge < -0.3 is 19.1 Å². The van der Waals surface area contributed by atoms with E-state index in [1.165, 1.54) is 21.6 Å². The molecule has 11 heteroatoms. The number of hydrogen-bond acceptors (Lipinski definition) is 11. The SMILES string of the molecule is CN(C)c1ccc(C(=O)OC2CSSC2)cc1.O=C(OC1(OC(=O)c2ccccc2)CSSC1)c1ccccc1. The Morgan fingerprint density at radius 2 is 1.10 bits per heavy atom. The Balaban J connectivity index is 0.000000194. The van der Waals surface area contributed by atoms with Gasteiger partial charge in [-0.2, -0.15) is 0 Å². The van der Waals surface area contributed by atoms with E-state index in [1.807, 2.05) is 55.4 Å². The summed E-state index contributed by atoms with van der Waals surface area (Å²) in [5.41, 5.74) is 2.57. The lowest BCUT2D eigenvalue weighted by Gasteiger charge is -2.27. The molecule has 0 bridgehead atoms. The van der Waals surface area contributed by atoms with E-state index < -0.39 is 17.7 Å². The maximum atomic E-state index is 12.3. The zero-order chi connectivity index (χ0) is 28.4. The van der Waals surface area contributed by atoms with Gasteiger partial charge >= 0.3 is 17.9 Å². The molecule has 3 aromatic carbocycles. The molecule has 0 amide bonds. The highest BCUT2D eigenvalue weighted by Crippen LogP contribution is 2.41. The van der Waals surface area contributed by atoms with Crippen LogP contribution in [0.2, 0.25) is 0 Å². The van der Waals surface area contributed by atoms with Gasteiger partial charge in [-0.25, -0.2) is 14.4 Å². The van der Waals surface area contributed by atoms with Crippen LogP contribution in [0, 0.1) is 0 Å². The van der Waals surface area contributed by atoms with Gasteiger partial charge in [-0.15, -0.1) is 0 Å². The van der Waals surface area contributed by atoms with Gasteiger partial charge in [0.05, 0.1) is 28.2 Å². The van der Waals surface area contributed by atoms with Crippen molar-refractivity contribution in [2.75, 3.05) is 42.0 Å². The fourth-order valence-electron chi connectivity index (χ4n) is 3.53. The number of carbonyl (C=O) groups is 3. The molecule has 0 atom stereocenters. The summed E-state index contributed by atoms with van der Waals surface area (Å²) in [7, 11) is 10.5. The highest BCUT2D eigenvalue weighted by Gasteiger charge is 2.43. The predicted molar refractivity (Wildman–Crippen MR) is 166 cm³/mol. The standard InChI is InChI=1S/C17H14O4S2.C12H15NO2S2/c18-15(13-7-3-1-4-8-13)20-17(11-22-23-12-17)21-16(19)14-9-5-2-6-10-14;1-13(2)10-5-3-9(4-6-10)12(14)15-11-7-16-17-8-11/h1-10H,11-12H2;3-6,11H,7-8H2,1-2H3. The second-order valence-corrected chi connectivity index (χ2v) is 14.0. The van der Waals surface area contributed by atoms with Crippen molar-refractivity contribution >= 4 is 66.8 Å². The fourth-order valence-corrected chi connectivity index (χ4v) is 8.70. The molecule has 0 saturated carbocycles. The summed E-state index contributed by atoms with van der Waals surface area (Å²) < 4.78 is 16.5. The molecule has 0 unspecified atom stereocenters. The Morgan fingerprint density at radius 3 is 1.55 bits per heavy atom. The number of carbonyl (C=O) groups excluding carboxylic acids is 3. The molecule has 2 aliphatic rings. The number of ether oxygens (including phenoxy) is 3. The molecule has 0 aliphatic carbocycles. The molecule has 2 saturated heterocycles. The molecule has 2 fully saturated rings. The smallest absolute Gasteiger partial charge is 0.341 e. The van der Waals surface area contributed by atoms with Gasteiger partial charge in [-0.05, 0) is 48.5 Å². The number of rotatable bonds is 7. The third-order valence-corrected chi connectivity index (χ3v) is 10.7. The molecule has 7 nitrogen and oxygen atoms in total. The van der Waals surface area contributed by atoms with Crippen LogP contribution < -0.4 is 4.90 Å². The molecule has 3 aromatic rings. The largest absolute Gasteiger partial charge is 0.457 e. The normalized spacial score (nSPS) is 15.8. The van der Waals surface area contributed by atoms with Crippen LogP contribution in [0.3, 0.4) is 0 Å². The number of nitrogens with zero attached hydrogens (tertiary/aromatic N) is 1. The van der Waals surface area contributed by atoms with Crippen molar-refractivity contribution in [3.05, 3.63) is 102 Å². The average molecular weight is 616 g/mol. The van der Waals surface area contributed by atoms with Crippen LogP contribution in [-0.2, 0) is 14.2 Å². The summed E-state index contributed by atoms with van der Waals surface area (Å²) in [6.45, 7) is 0. The van der Waals surface area contributed by atoms with E-state index >= 15 is 0 Å². The van der Waals surface area contributed by atoms with Crippen molar-refractivity contribution in [1.82, 2.24) is 0 Å². The molecular formula is C29H29NO6S4. The molecule has 0 spiro atoms. The van der Waals surface area contributed by atoms with Crippen LogP contribution in [0.15, 0.2) is 84.9 Å². The van der Waals surface area contributed by atoms with E-state index in [4.69, 9.17) is 14.2 Å². The summed E-state index contributed by atoms with van der Waals surface area (Å²) in [5.74, 6) is 0.185. The molecule has 40 heavy (non-hydrogen) atoms. The average Bonchev–Trinajstić information content (AvgIpc) is 3.67. The molecule has 0 radical (unpaired) electrons. The third kappa shape index (κ3) is 8.63. The second-order valence-electron chi connectivity index (χ2n) is 8.98. The Morgan fingerprint density at radius 1 is 0.650 bits per heavy atom. The van der Waals surface area contributed by atoms with Gasteiger partial charge in [0.2, 0.25) is 0 Å². The van der Waals surface area contributed by atoms with Gasteiger partial charge in [0, 0.05) is 31.3 Å². The summed E-state index contributed by atoms with van der Waals surface area (Å²) in [4.78, 5) is 38.4. The van der Waals surface area contributed by atoms with Crippen molar-refractivity contribution in [2.24, 2.45) is 0 Å². The van der Waals surface area contributed by atoms with E-state index in [-0.39, 0.29) is 12.1 Å². The Labute approximate surface area is 249 Å². The predicted octanol–water partition coefficient (Wildman–Crippen LogP) is 6.46. The highest BCUT2D eigenvalue weighted by atomic mass is 33.1. The highest BCUT2D eigenvalue weighted by molar-refractivity contribution is 8.77. The molecule has 2 heterocycles. The first-order chi connectivity index (χ1) is 19.3. The van der Waals surface area contributed by atoms with Crippen molar-refractivity contribution in [3.63, 3.8) is 0 Å². The van der Waals surface area contributed by atoms with Crippen molar-refractivity contribution in [3.8, 4) is 0 Å². The van der Waals surface area contributed by atoms with Gasteiger partial charge in [-0.3, -0.25) is 0 Å². The Bertz CT molecular complexity index is 1210. The van der Waals surface area contributed by atoms with E-state index in [0.717, 1.165) is 17.2 Å². The number of anilines is 1. The van der Waals surface area contributed by atoms with E-state index in [0.29, 0.717) is 28.2 Å². The Kier molecular flexibility index (Phi) is 11.2. The number of hydrogen-bond donors (Lipinski definition) is 0. The van der Waals surface area contributed by atoms with E-state index in [2.05, 4.69) is 0 Å². The Hall–Kier alpha value is -2.73. The first kappa shape index (κ1) is 30.2. The van der Waals surface area contributed by atoms with Crippen LogP contribution in [0.1, 0.15) is 31.1 Å². The maximum Gasteiger partial charge on any atom is 0.341 e. The minimum Gasteiger partial charge on any atom is -0.457 e. The lowest BCUT2D eigenvalue weighted by atomic mass is 10.2. The topological polar surface area (TPSA) is 82.1 Å². The minimum absolute atomic E-state index is 0.0611. The van der Waals surface area contributed by atoms with Crippen molar-refractivity contribution in [1.29, 1.82) is 0 Å². The summed E-state index contributed by atoms with van der Waals surface area (Å²) >= 11 is 0. The van der Waals surface area contributed by atoms with Crippen molar-refractivity contribution < 1.29 is 28.6 Å². The van der Waals surface area contributed by atoms with Crippen LogP contribution in [0.4, 0.5) is 5.69 Å². The monoisotopic (exact) mass is 615 g/mol. The van der Waals surface area contributed by atoms with Crippen LogP contribution in [-0.4, -0.2) is 66.9 Å². The van der Waals surface area contributed by atoms with Gasteiger partial charge in [0.15, 0.2) is 0 Å². The van der Waals surface area contributed by atoms with Crippen LogP contribution in [0.5, 0.6) is 0 Å². The summed E-state index contributed by atoms with van der Waals surface area (Å²) in [6, 6.07) is 24.8. The molecule has 5 rings (SSSR count). The summed E-state index contributed by atoms with van der Waals surface area (Å²) in [5, 5.41) is 0. The third-order valence-electron chi connectivity index (χ3n) is 5.70. The van der Waals surface area contributed by atoms with Crippen LogP contribution in [0.25, 0.3) is 0 Å². The molecular weight excluding hydrogens is 587 g/mol. The maximum absolute atomic E-state index is 12.3. The van der Waals surface area contributed by atoms with Gasteiger partial charge in [-0.1, -0.05) is 79.6 Å². The number of benzene rings is 3. The lowest BCUT2D eigenvalue weighted by Crippen LogP contribution is -2.42. The van der Waals surface area contributed by atoms with E-state index in [9.17, 15) is 14.4 Å². The van der Waals surface area contributed by atoms with Gasteiger partial charge in [0.25, 0.3) is 5.79 Å². The first-order valence-corrected chi connectivity index (χ1v) is 17.4. The molecule has 210 valence electrons. The zero-order valence-corrected chi connectivity index (χ0v) is 25.3. The fraction of sp³-hybridized carbons (Fsp3) is 0.276. The molecule has 0 aromatic heterocycles. The minimum atomic E-state index is -1.23. The molecule has 2 aliphatic heterocycles. The number of esters is 3. The quantitative estimate of drug-likeness (QED) is 0.167. The van der Waals surface area contributed by atoms with Gasteiger partial charge in [0.1, 0.15) is 6.10 Å². The first-order valence-electron chi connectivity index (χ1n) is 12.4. The van der Waals surface area contributed by atoms with Crippen LogP contribution >= 0.6 is 43.2 Å². The lowest BCUT2D eigenvalue weighted by molar-refractivity contribution is -0.135. The van der Waals surface area contributed by atoms with E-state index in [1.54, 1.807) is 70.1 Å². The second kappa shape index (κ2) is 14.8. The summed E-state index contributed by atoms with van der Waals surface area (Å²) in [6.07, 6.45) is 0.0611. The molecule has 0 N–H and O–H groups in total.